The van der Waals surface area contributed by atoms with Crippen LogP contribution in [0, 0.1) is 11.8 Å². The molecule has 2 fully saturated rings. The normalized spacial score (nSPS) is 30.7. The number of hydrogen-bond acceptors (Lipinski definition) is 9. The summed E-state index contributed by atoms with van der Waals surface area (Å²) in [6, 6.07) is 11.2. The number of aryl methyl sites for hydroxylation is 1. The maximum Gasteiger partial charge on any atom is 0.410 e. The molecule has 5 atom stereocenters. The summed E-state index contributed by atoms with van der Waals surface area (Å²) in [7, 11) is -0.183. The molecule has 5 aliphatic rings. The Morgan fingerprint density at radius 3 is 2.67 bits per heavy atom. The summed E-state index contributed by atoms with van der Waals surface area (Å²) in [5.74, 6) is -0.00288. The Labute approximate surface area is 306 Å². The minimum atomic E-state index is -4.24. The van der Waals surface area contributed by atoms with E-state index < -0.39 is 27.6 Å². The van der Waals surface area contributed by atoms with Crippen LogP contribution in [0.1, 0.15) is 57.1 Å². The van der Waals surface area contributed by atoms with Gasteiger partial charge in [0.05, 0.1) is 23.8 Å². The number of likely N-dealkylation sites (N-methyl/N-ethyl adjacent to an activating group) is 1. The highest BCUT2D eigenvalue weighted by Crippen LogP contribution is 2.47. The Hall–Kier alpha value is -3.32. The number of ether oxygens (including phenoxy) is 3. The molecule has 276 valence electrons. The molecule has 11 nitrogen and oxygen atoms in total. The number of rotatable bonds is 2. The number of nitrogens with zero attached hydrogens (tertiary/aromatic N) is 3. The van der Waals surface area contributed by atoms with Gasteiger partial charge in [-0.1, -0.05) is 23.7 Å². The van der Waals surface area contributed by atoms with Crippen LogP contribution in [-0.2, 0) is 36.1 Å². The average Bonchev–Trinajstić information content (AvgIpc) is 3.52. The number of anilines is 1. The van der Waals surface area contributed by atoms with E-state index in [2.05, 4.69) is 26.7 Å². The summed E-state index contributed by atoms with van der Waals surface area (Å²) < 4.78 is 48.3. The Morgan fingerprint density at radius 2 is 1.92 bits per heavy atom. The molecule has 0 aromatic heterocycles. The van der Waals surface area contributed by atoms with Gasteiger partial charge >= 0.3 is 6.09 Å². The van der Waals surface area contributed by atoms with Crippen molar-refractivity contribution in [3.05, 3.63) is 64.7 Å². The summed E-state index contributed by atoms with van der Waals surface area (Å²) in [5.41, 5.74) is 1.28. The van der Waals surface area contributed by atoms with Gasteiger partial charge in [0, 0.05) is 48.6 Å². The van der Waals surface area contributed by atoms with Crippen molar-refractivity contribution in [1.29, 1.82) is 0 Å². The predicted molar refractivity (Wildman–Crippen MR) is 195 cm³/mol. The largest absolute Gasteiger partial charge is 0.490 e. The van der Waals surface area contributed by atoms with Crippen molar-refractivity contribution in [1.82, 2.24) is 14.5 Å². The van der Waals surface area contributed by atoms with Crippen molar-refractivity contribution < 1.29 is 32.2 Å². The molecule has 7 rings (SSSR count). The van der Waals surface area contributed by atoms with E-state index in [9.17, 15) is 18.0 Å². The Kier molecular flexibility index (Phi) is 9.83. The smallest absolute Gasteiger partial charge is 0.410 e. The van der Waals surface area contributed by atoms with Crippen molar-refractivity contribution >= 4 is 39.3 Å². The van der Waals surface area contributed by atoms with E-state index in [1.807, 2.05) is 26.2 Å². The van der Waals surface area contributed by atoms with E-state index in [0.29, 0.717) is 49.2 Å². The molecule has 2 aliphatic carbocycles. The third-order valence-corrected chi connectivity index (χ3v) is 13.3. The van der Waals surface area contributed by atoms with Crippen LogP contribution in [0.3, 0.4) is 0 Å². The van der Waals surface area contributed by atoms with E-state index in [0.717, 1.165) is 38.5 Å². The second kappa shape index (κ2) is 13.9. The van der Waals surface area contributed by atoms with Gasteiger partial charge in [0.25, 0.3) is 15.9 Å². The molecular weight excluding hydrogens is 692 g/mol. The number of carbonyl (C=O) groups excluding carboxylic acids is 2. The highest BCUT2D eigenvalue weighted by molar-refractivity contribution is 7.90. The monoisotopic (exact) mass is 740 g/mol. The number of carbonyl (C=O) groups is 2. The molecule has 3 heterocycles. The lowest BCUT2D eigenvalue weighted by Crippen LogP contribution is -2.50. The van der Waals surface area contributed by atoms with Crippen LogP contribution in [-0.4, -0.2) is 101 Å². The molecule has 13 heteroatoms. The molecule has 1 spiro atoms. The minimum Gasteiger partial charge on any atom is -0.490 e. The molecule has 2 aromatic rings. The molecule has 1 saturated carbocycles. The van der Waals surface area contributed by atoms with Crippen LogP contribution in [0.2, 0.25) is 5.02 Å². The summed E-state index contributed by atoms with van der Waals surface area (Å²) in [6.07, 6.45) is 8.35. The Balaban J connectivity index is 1.26. The molecular formula is C38H49ClN4O7S. The number of sulfonamides is 1. The fourth-order valence-electron chi connectivity index (χ4n) is 8.40. The first kappa shape index (κ1) is 36.1. The summed E-state index contributed by atoms with van der Waals surface area (Å²) in [5, 5.41) is 0.705. The van der Waals surface area contributed by atoms with Crippen LogP contribution in [0.15, 0.2) is 53.4 Å². The molecule has 51 heavy (non-hydrogen) atoms. The topological polar surface area (TPSA) is 118 Å². The lowest BCUT2D eigenvalue weighted by molar-refractivity contribution is -0.139. The lowest BCUT2D eigenvalue weighted by Gasteiger charge is -2.46. The predicted octanol–water partition coefficient (Wildman–Crippen LogP) is 5.15. The first-order valence-corrected chi connectivity index (χ1v) is 19.9. The number of amides is 2. The van der Waals surface area contributed by atoms with Crippen LogP contribution in [0.5, 0.6) is 5.75 Å². The molecule has 0 unspecified atom stereocenters. The first-order chi connectivity index (χ1) is 24.2. The molecule has 1 saturated heterocycles. The maximum atomic E-state index is 13.7. The van der Waals surface area contributed by atoms with Crippen molar-refractivity contribution in [3.8, 4) is 5.75 Å². The van der Waals surface area contributed by atoms with Gasteiger partial charge in [0.1, 0.15) is 17.5 Å². The molecule has 2 amide bonds. The highest BCUT2D eigenvalue weighted by Gasteiger charge is 2.45. The standard InChI is InChI=1S/C38H49ClN4O7S/c1-37(2)35(44)40-51(46,47)29-11-14-34-32(20-29)43(23-38(24-48-34)16-5-7-25-19-27(39)10-13-31(25)38)21-26-9-12-30(26)33(8-6-18-49-37)50-36(45)42-17-15-28(22-42)41(3)4/h6,8,10-11,13-14,19-20,26,28,30,33H,5,7,9,12,15-18,21-24H2,1-4H3,(H,40,44)/b8-6+/t26-,28+,30+,33-,38-/m0/s1. The van der Waals surface area contributed by atoms with Crippen molar-refractivity contribution in [2.24, 2.45) is 11.8 Å². The lowest BCUT2D eigenvalue weighted by atomic mass is 9.68. The third-order valence-electron chi connectivity index (χ3n) is 11.7. The van der Waals surface area contributed by atoms with Gasteiger partial charge in [0.15, 0.2) is 0 Å². The van der Waals surface area contributed by atoms with Gasteiger partial charge in [-0.3, -0.25) is 4.79 Å². The maximum absolute atomic E-state index is 13.7. The van der Waals surface area contributed by atoms with Gasteiger partial charge in [-0.25, -0.2) is 17.9 Å². The van der Waals surface area contributed by atoms with Crippen molar-refractivity contribution in [3.63, 3.8) is 0 Å². The second-order valence-corrected chi connectivity index (χ2v) is 17.7. The Morgan fingerprint density at radius 1 is 1.10 bits per heavy atom. The van der Waals surface area contributed by atoms with Crippen LogP contribution in [0.25, 0.3) is 0 Å². The number of fused-ring (bicyclic) bond motifs is 4. The van der Waals surface area contributed by atoms with Gasteiger partial charge in [-0.05, 0) is 120 Å². The number of hydrogen-bond donors (Lipinski definition) is 1. The van der Waals surface area contributed by atoms with E-state index in [1.165, 1.54) is 31.0 Å². The summed E-state index contributed by atoms with van der Waals surface area (Å²) in [6.45, 7) is 6.01. The van der Waals surface area contributed by atoms with Gasteiger partial charge in [0.2, 0.25) is 0 Å². The zero-order valence-electron chi connectivity index (χ0n) is 29.9. The fourth-order valence-corrected chi connectivity index (χ4v) is 9.72. The number of nitrogens with one attached hydrogen (secondary N) is 1. The summed E-state index contributed by atoms with van der Waals surface area (Å²) in [4.78, 5) is 33.1. The number of benzene rings is 2. The fraction of sp³-hybridized carbons (Fsp3) is 0.579. The van der Waals surface area contributed by atoms with Gasteiger partial charge in [-0.15, -0.1) is 0 Å². The highest BCUT2D eigenvalue weighted by atomic mass is 35.5. The van der Waals surface area contributed by atoms with E-state index in [1.54, 1.807) is 23.1 Å². The second-order valence-electron chi connectivity index (χ2n) is 15.6. The Bertz CT molecular complexity index is 1820. The van der Waals surface area contributed by atoms with Gasteiger partial charge in [-0.2, -0.15) is 0 Å². The third kappa shape index (κ3) is 7.21. The minimum absolute atomic E-state index is 0.0311. The quantitative estimate of drug-likeness (QED) is 0.418. The van der Waals surface area contributed by atoms with Gasteiger partial charge < -0.3 is 28.9 Å². The molecule has 1 N–H and O–H groups in total. The van der Waals surface area contributed by atoms with Crippen LogP contribution in [0.4, 0.5) is 10.5 Å². The molecule has 0 radical (unpaired) electrons. The molecule has 3 aliphatic heterocycles. The first-order valence-electron chi connectivity index (χ1n) is 18.1. The van der Waals surface area contributed by atoms with Crippen LogP contribution >= 0.6 is 11.6 Å². The molecule has 2 aromatic carbocycles. The van der Waals surface area contributed by atoms with E-state index >= 15 is 0 Å². The summed E-state index contributed by atoms with van der Waals surface area (Å²) >= 11 is 6.45. The number of halogens is 1. The van der Waals surface area contributed by atoms with Crippen LogP contribution < -0.4 is 14.4 Å². The van der Waals surface area contributed by atoms with E-state index in [4.69, 9.17) is 25.8 Å². The van der Waals surface area contributed by atoms with Crippen molar-refractivity contribution in [2.75, 3.05) is 58.4 Å². The zero-order valence-corrected chi connectivity index (χ0v) is 31.5. The van der Waals surface area contributed by atoms with E-state index in [-0.39, 0.29) is 40.9 Å². The molecule has 2 bridgehead atoms. The SMILES string of the molecule is CN(C)[C@@H]1CCN(C(=O)O[C@H]2/C=C/COC(C)(C)C(=O)NS(=O)(=O)c3ccc4c(c3)N(C[C@@H]3CC[C@H]32)C[C@@]2(CCCc3cc(Cl)ccc32)CO4)C1. The average molecular weight is 741 g/mol. The number of likely N-dealkylation sites (tertiary alicyclic amines) is 1. The zero-order chi connectivity index (χ0) is 36.1. The van der Waals surface area contributed by atoms with Crippen molar-refractivity contribution in [2.45, 2.75) is 80.4 Å².